The Kier molecular flexibility index (Phi) is 7.17. The second-order valence-electron chi connectivity index (χ2n) is 7.86. The quantitative estimate of drug-likeness (QED) is 0.320. The largest absolute Gasteiger partial charge is 0.497 e. The second kappa shape index (κ2) is 10.4. The molecule has 1 aromatic heterocycles. The summed E-state index contributed by atoms with van der Waals surface area (Å²) >= 11 is 3.42. The SMILES string of the molecule is COc1ccc(CNC(=O)C(=O)Nn2c(C(=O)Nc3ccc(C)cc3)cc3cc(Br)ccc32)cc1. The Morgan fingerprint density at radius 2 is 1.63 bits per heavy atom. The number of aromatic nitrogens is 1. The lowest BCUT2D eigenvalue weighted by Gasteiger charge is -2.13. The van der Waals surface area contributed by atoms with Crippen LogP contribution < -0.4 is 20.8 Å². The first-order valence-electron chi connectivity index (χ1n) is 10.7. The monoisotopic (exact) mass is 534 g/mol. The van der Waals surface area contributed by atoms with Crippen molar-refractivity contribution >= 4 is 50.2 Å². The van der Waals surface area contributed by atoms with Gasteiger partial charge in [-0.2, -0.15) is 0 Å². The van der Waals surface area contributed by atoms with Gasteiger partial charge in [0.1, 0.15) is 11.4 Å². The molecular weight excluding hydrogens is 512 g/mol. The molecule has 3 N–H and O–H groups in total. The lowest BCUT2D eigenvalue weighted by atomic mass is 10.2. The smallest absolute Gasteiger partial charge is 0.328 e. The number of nitrogens with zero attached hydrogens (tertiary/aromatic N) is 1. The number of anilines is 1. The minimum absolute atomic E-state index is 0.163. The van der Waals surface area contributed by atoms with E-state index in [9.17, 15) is 14.4 Å². The van der Waals surface area contributed by atoms with Gasteiger partial charge in [0.15, 0.2) is 0 Å². The average Bonchev–Trinajstić information content (AvgIpc) is 3.21. The second-order valence-corrected chi connectivity index (χ2v) is 8.78. The van der Waals surface area contributed by atoms with E-state index in [-0.39, 0.29) is 12.2 Å². The zero-order chi connectivity index (χ0) is 24.9. The average molecular weight is 535 g/mol. The van der Waals surface area contributed by atoms with Crippen LogP contribution in [0.3, 0.4) is 0 Å². The molecule has 0 bridgehead atoms. The van der Waals surface area contributed by atoms with Gasteiger partial charge in [-0.3, -0.25) is 19.8 Å². The zero-order valence-electron chi connectivity index (χ0n) is 19.1. The third kappa shape index (κ3) is 5.70. The van der Waals surface area contributed by atoms with Crippen LogP contribution in [-0.2, 0) is 16.1 Å². The number of carbonyl (C=O) groups excluding carboxylic acids is 3. The van der Waals surface area contributed by atoms with Crippen LogP contribution in [0.5, 0.6) is 5.75 Å². The number of hydrogen-bond donors (Lipinski definition) is 3. The molecule has 0 saturated carbocycles. The third-order valence-corrected chi connectivity index (χ3v) is 5.83. The molecule has 0 spiro atoms. The van der Waals surface area contributed by atoms with Crippen molar-refractivity contribution in [1.29, 1.82) is 0 Å². The summed E-state index contributed by atoms with van der Waals surface area (Å²) in [7, 11) is 1.57. The van der Waals surface area contributed by atoms with Gasteiger partial charge in [0.05, 0.1) is 12.6 Å². The van der Waals surface area contributed by atoms with Gasteiger partial charge < -0.3 is 15.4 Å². The fourth-order valence-corrected chi connectivity index (χ4v) is 3.84. The Labute approximate surface area is 210 Å². The van der Waals surface area contributed by atoms with Gasteiger partial charge in [-0.1, -0.05) is 45.8 Å². The Morgan fingerprint density at radius 1 is 0.914 bits per heavy atom. The number of halogens is 1. The van der Waals surface area contributed by atoms with Crippen LogP contribution in [0.25, 0.3) is 10.9 Å². The molecule has 0 atom stereocenters. The van der Waals surface area contributed by atoms with Crippen LogP contribution in [0.1, 0.15) is 21.6 Å². The predicted molar refractivity (Wildman–Crippen MR) is 138 cm³/mol. The molecule has 4 rings (SSSR count). The van der Waals surface area contributed by atoms with Gasteiger partial charge in [-0.05, 0) is 61.0 Å². The number of ether oxygens (including phenoxy) is 1. The van der Waals surface area contributed by atoms with Gasteiger partial charge in [0, 0.05) is 22.1 Å². The summed E-state index contributed by atoms with van der Waals surface area (Å²) in [5.41, 5.74) is 5.78. The summed E-state index contributed by atoms with van der Waals surface area (Å²) in [5, 5.41) is 6.13. The molecule has 3 aromatic carbocycles. The van der Waals surface area contributed by atoms with Gasteiger partial charge in [-0.25, -0.2) is 4.68 Å². The molecule has 0 radical (unpaired) electrons. The minimum Gasteiger partial charge on any atom is -0.497 e. The highest BCUT2D eigenvalue weighted by Gasteiger charge is 2.21. The molecular formula is C26H23BrN4O4. The van der Waals surface area contributed by atoms with Crippen LogP contribution in [0.2, 0.25) is 0 Å². The first-order valence-corrected chi connectivity index (χ1v) is 11.5. The van der Waals surface area contributed by atoms with Crippen molar-refractivity contribution in [3.05, 3.63) is 94.1 Å². The van der Waals surface area contributed by atoms with Crippen molar-refractivity contribution in [3.8, 4) is 5.75 Å². The molecule has 178 valence electrons. The molecule has 4 aromatic rings. The first-order chi connectivity index (χ1) is 16.8. The van der Waals surface area contributed by atoms with Crippen molar-refractivity contribution in [1.82, 2.24) is 9.99 Å². The Balaban J connectivity index is 1.53. The fourth-order valence-electron chi connectivity index (χ4n) is 3.46. The van der Waals surface area contributed by atoms with Crippen molar-refractivity contribution < 1.29 is 19.1 Å². The molecule has 0 saturated heterocycles. The third-order valence-electron chi connectivity index (χ3n) is 5.34. The summed E-state index contributed by atoms with van der Waals surface area (Å²) in [5.74, 6) is -1.46. The number of rotatable bonds is 6. The van der Waals surface area contributed by atoms with E-state index in [2.05, 4.69) is 32.0 Å². The molecule has 35 heavy (non-hydrogen) atoms. The van der Waals surface area contributed by atoms with Crippen molar-refractivity contribution in [2.75, 3.05) is 17.9 Å². The fraction of sp³-hybridized carbons (Fsp3) is 0.115. The molecule has 3 amide bonds. The maximum atomic E-state index is 13.1. The van der Waals surface area contributed by atoms with E-state index in [1.165, 1.54) is 4.68 Å². The lowest BCUT2D eigenvalue weighted by molar-refractivity contribution is -0.136. The normalized spacial score (nSPS) is 10.6. The summed E-state index contributed by atoms with van der Waals surface area (Å²) < 4.78 is 7.25. The molecule has 9 heteroatoms. The standard InChI is InChI=1S/C26H23BrN4O4/c1-16-3-8-20(9-4-16)29-24(32)23-14-18-13-19(27)7-12-22(18)31(23)30-26(34)25(33)28-15-17-5-10-21(35-2)11-6-17/h3-14H,15H2,1-2H3,(H,28,33)(H,29,32)(H,30,34). The number of amides is 3. The highest BCUT2D eigenvalue weighted by Crippen LogP contribution is 2.24. The van der Waals surface area contributed by atoms with E-state index in [0.717, 1.165) is 15.6 Å². The van der Waals surface area contributed by atoms with Crippen LogP contribution in [0.4, 0.5) is 5.69 Å². The Hall–Kier alpha value is -4.11. The van der Waals surface area contributed by atoms with Gasteiger partial charge in [0.2, 0.25) is 0 Å². The van der Waals surface area contributed by atoms with Crippen molar-refractivity contribution in [2.45, 2.75) is 13.5 Å². The van der Waals surface area contributed by atoms with E-state index in [1.54, 1.807) is 61.7 Å². The van der Waals surface area contributed by atoms with Crippen LogP contribution in [0, 0.1) is 6.92 Å². The Morgan fingerprint density at radius 3 is 2.31 bits per heavy atom. The minimum atomic E-state index is -0.900. The number of aryl methyl sites for hydroxylation is 1. The van der Waals surface area contributed by atoms with E-state index < -0.39 is 17.7 Å². The Bertz CT molecular complexity index is 1400. The summed E-state index contributed by atoms with van der Waals surface area (Å²) in [6.07, 6.45) is 0. The van der Waals surface area contributed by atoms with E-state index in [1.807, 2.05) is 25.1 Å². The number of fused-ring (bicyclic) bond motifs is 1. The topological polar surface area (TPSA) is 101 Å². The summed E-state index contributed by atoms with van der Waals surface area (Å²) in [4.78, 5) is 38.3. The number of benzene rings is 3. The predicted octanol–water partition coefficient (Wildman–Crippen LogP) is 4.36. The molecule has 1 heterocycles. The molecule has 0 fully saturated rings. The lowest BCUT2D eigenvalue weighted by Crippen LogP contribution is -2.39. The molecule has 0 aliphatic heterocycles. The first kappa shape index (κ1) is 24.0. The van der Waals surface area contributed by atoms with Crippen LogP contribution in [-0.4, -0.2) is 29.5 Å². The number of methoxy groups -OCH3 is 1. The number of hydrogen-bond acceptors (Lipinski definition) is 4. The summed E-state index contributed by atoms with van der Waals surface area (Å²) in [6.45, 7) is 2.12. The van der Waals surface area contributed by atoms with Gasteiger partial charge >= 0.3 is 11.8 Å². The molecule has 0 unspecified atom stereocenters. The molecule has 0 aliphatic carbocycles. The van der Waals surface area contributed by atoms with E-state index in [0.29, 0.717) is 22.3 Å². The maximum absolute atomic E-state index is 13.1. The maximum Gasteiger partial charge on any atom is 0.328 e. The highest BCUT2D eigenvalue weighted by molar-refractivity contribution is 9.10. The van der Waals surface area contributed by atoms with Crippen molar-refractivity contribution in [2.24, 2.45) is 0 Å². The van der Waals surface area contributed by atoms with Crippen LogP contribution >= 0.6 is 15.9 Å². The number of carbonyl (C=O) groups is 3. The van der Waals surface area contributed by atoms with Gasteiger partial charge in [0.25, 0.3) is 5.91 Å². The number of nitrogens with one attached hydrogen (secondary N) is 3. The zero-order valence-corrected chi connectivity index (χ0v) is 20.7. The van der Waals surface area contributed by atoms with Crippen molar-refractivity contribution in [3.63, 3.8) is 0 Å². The highest BCUT2D eigenvalue weighted by atomic mass is 79.9. The summed E-state index contributed by atoms with van der Waals surface area (Å²) in [6, 6.07) is 21.5. The van der Waals surface area contributed by atoms with Gasteiger partial charge in [-0.15, -0.1) is 0 Å². The molecule has 0 aliphatic rings. The van der Waals surface area contributed by atoms with E-state index >= 15 is 0 Å². The molecule has 8 nitrogen and oxygen atoms in total. The van der Waals surface area contributed by atoms with E-state index in [4.69, 9.17) is 4.74 Å². The van der Waals surface area contributed by atoms with Crippen LogP contribution in [0.15, 0.2) is 77.3 Å².